The van der Waals surface area contributed by atoms with Crippen molar-refractivity contribution in [2.24, 2.45) is 11.8 Å². The van der Waals surface area contributed by atoms with E-state index in [2.05, 4.69) is 0 Å². The highest BCUT2D eigenvalue weighted by molar-refractivity contribution is 5.95. The zero-order valence-corrected chi connectivity index (χ0v) is 19.8. The molecule has 0 aliphatic carbocycles. The van der Waals surface area contributed by atoms with Gasteiger partial charge in [-0.05, 0) is 35.6 Å². The molecule has 3 rings (SSSR count). The van der Waals surface area contributed by atoms with Gasteiger partial charge >= 0.3 is 6.09 Å². The van der Waals surface area contributed by atoms with Crippen LogP contribution in [-0.4, -0.2) is 50.9 Å². The van der Waals surface area contributed by atoms with Crippen LogP contribution in [0.15, 0.2) is 48.5 Å². The molecule has 2 aromatic rings. The maximum Gasteiger partial charge on any atom is 0.417 e. The van der Waals surface area contributed by atoms with Gasteiger partial charge in [-0.25, -0.2) is 9.69 Å². The van der Waals surface area contributed by atoms with Gasteiger partial charge in [0.2, 0.25) is 5.91 Å². The summed E-state index contributed by atoms with van der Waals surface area (Å²) in [7, 11) is 3.25. The number of methoxy groups -OCH3 is 2. The van der Waals surface area contributed by atoms with Gasteiger partial charge < -0.3 is 18.9 Å². The number of nitrogens with zero attached hydrogens (tertiary/aromatic N) is 1. The van der Waals surface area contributed by atoms with Gasteiger partial charge in [0, 0.05) is 26.1 Å². The zero-order valence-electron chi connectivity index (χ0n) is 19.8. The topological polar surface area (TPSA) is 74.3 Å². The van der Waals surface area contributed by atoms with Crippen molar-refractivity contribution in [2.75, 3.05) is 34.0 Å². The second kappa shape index (κ2) is 11.7. The third-order valence-electron chi connectivity index (χ3n) is 5.85. The van der Waals surface area contributed by atoms with Crippen molar-refractivity contribution in [3.8, 4) is 11.5 Å². The minimum absolute atomic E-state index is 0.0236. The summed E-state index contributed by atoms with van der Waals surface area (Å²) in [5, 5.41) is 0. The zero-order chi connectivity index (χ0) is 23.8. The number of benzene rings is 2. The molecule has 0 N–H and O–H groups in total. The van der Waals surface area contributed by atoms with Crippen LogP contribution in [0.1, 0.15) is 37.4 Å². The van der Waals surface area contributed by atoms with E-state index in [0.29, 0.717) is 31.1 Å². The molecular weight excluding hydrogens is 422 g/mol. The first-order valence-corrected chi connectivity index (χ1v) is 11.3. The van der Waals surface area contributed by atoms with Crippen molar-refractivity contribution in [1.82, 2.24) is 4.90 Å². The quantitative estimate of drug-likeness (QED) is 0.460. The van der Waals surface area contributed by atoms with E-state index in [1.54, 1.807) is 14.2 Å². The highest BCUT2D eigenvalue weighted by Gasteiger charge is 2.42. The molecule has 0 aromatic heterocycles. The fourth-order valence-electron chi connectivity index (χ4n) is 3.97. The van der Waals surface area contributed by atoms with E-state index in [0.717, 1.165) is 17.5 Å². The van der Waals surface area contributed by atoms with Crippen LogP contribution < -0.4 is 9.47 Å². The fraction of sp³-hybridized carbons (Fsp3) is 0.462. The fourth-order valence-corrected chi connectivity index (χ4v) is 3.97. The predicted octanol–water partition coefficient (Wildman–Crippen LogP) is 4.65. The summed E-state index contributed by atoms with van der Waals surface area (Å²) in [6.45, 7) is 5.26. The van der Waals surface area contributed by atoms with Crippen LogP contribution in [0.5, 0.6) is 11.5 Å². The first-order valence-electron chi connectivity index (χ1n) is 11.3. The molecule has 7 heteroatoms. The molecule has 0 unspecified atom stereocenters. The number of ether oxygens (including phenoxy) is 4. The van der Waals surface area contributed by atoms with Gasteiger partial charge in [0.25, 0.3) is 0 Å². The Kier molecular flexibility index (Phi) is 8.72. The van der Waals surface area contributed by atoms with Crippen molar-refractivity contribution < 1.29 is 28.5 Å². The lowest BCUT2D eigenvalue weighted by Gasteiger charge is -2.27. The summed E-state index contributed by atoms with van der Waals surface area (Å²) in [6, 6.07) is 14.8. The Balaban J connectivity index is 1.80. The highest BCUT2D eigenvalue weighted by Crippen LogP contribution is 2.34. The van der Waals surface area contributed by atoms with E-state index in [4.69, 9.17) is 18.9 Å². The van der Waals surface area contributed by atoms with Crippen LogP contribution in [0.25, 0.3) is 0 Å². The SMILES string of the molecule is COCCCOc1cc(C[C@@H](C(=O)N2C(=O)OC[C@H]2c2ccccc2)C(C)C)ccc1OC. The lowest BCUT2D eigenvalue weighted by Crippen LogP contribution is -2.41. The molecular formula is C26H33NO6. The molecule has 0 saturated carbocycles. The van der Waals surface area contributed by atoms with Crippen molar-refractivity contribution in [1.29, 1.82) is 0 Å². The lowest BCUT2D eigenvalue weighted by atomic mass is 9.87. The van der Waals surface area contributed by atoms with Gasteiger partial charge in [-0.15, -0.1) is 0 Å². The Morgan fingerprint density at radius 2 is 1.85 bits per heavy atom. The van der Waals surface area contributed by atoms with Crippen LogP contribution in [-0.2, 0) is 20.7 Å². The van der Waals surface area contributed by atoms with Crippen molar-refractivity contribution in [3.63, 3.8) is 0 Å². The van der Waals surface area contributed by atoms with E-state index >= 15 is 0 Å². The third kappa shape index (κ3) is 6.05. The predicted molar refractivity (Wildman–Crippen MR) is 124 cm³/mol. The maximum atomic E-state index is 13.6. The molecule has 178 valence electrons. The van der Waals surface area contributed by atoms with Gasteiger partial charge in [-0.3, -0.25) is 4.79 Å². The minimum atomic E-state index is -0.587. The molecule has 1 saturated heterocycles. The number of amides is 2. The Labute approximate surface area is 195 Å². The Bertz CT molecular complexity index is 930. The number of carbonyl (C=O) groups excluding carboxylic acids is 2. The number of imide groups is 1. The first kappa shape index (κ1) is 24.6. The van der Waals surface area contributed by atoms with Crippen molar-refractivity contribution in [3.05, 3.63) is 59.7 Å². The molecule has 0 radical (unpaired) electrons. The van der Waals surface area contributed by atoms with Gasteiger partial charge in [0.05, 0.1) is 13.7 Å². The summed E-state index contributed by atoms with van der Waals surface area (Å²) in [5.74, 6) is 0.673. The van der Waals surface area contributed by atoms with Crippen LogP contribution >= 0.6 is 0 Å². The first-order chi connectivity index (χ1) is 16.0. The Hall–Kier alpha value is -3.06. The Morgan fingerprint density at radius 1 is 1.09 bits per heavy atom. The van der Waals surface area contributed by atoms with Crippen LogP contribution in [0.2, 0.25) is 0 Å². The van der Waals surface area contributed by atoms with Crippen LogP contribution in [0.4, 0.5) is 4.79 Å². The van der Waals surface area contributed by atoms with E-state index in [9.17, 15) is 9.59 Å². The number of hydrogen-bond acceptors (Lipinski definition) is 6. The summed E-state index contributed by atoms with van der Waals surface area (Å²) in [6.07, 6.45) is 0.645. The molecule has 1 heterocycles. The van der Waals surface area contributed by atoms with E-state index < -0.39 is 18.1 Å². The molecule has 1 aliphatic rings. The van der Waals surface area contributed by atoms with E-state index in [1.165, 1.54) is 4.90 Å². The summed E-state index contributed by atoms with van der Waals surface area (Å²) >= 11 is 0. The van der Waals surface area contributed by atoms with Crippen LogP contribution in [0, 0.1) is 11.8 Å². The van der Waals surface area contributed by atoms with Crippen molar-refractivity contribution >= 4 is 12.0 Å². The summed E-state index contributed by atoms with van der Waals surface area (Å²) in [5.41, 5.74) is 1.82. The maximum absolute atomic E-state index is 13.6. The largest absolute Gasteiger partial charge is 0.493 e. The number of rotatable bonds is 11. The average molecular weight is 456 g/mol. The molecule has 0 spiro atoms. The normalized spacial score (nSPS) is 16.6. The smallest absolute Gasteiger partial charge is 0.417 e. The van der Waals surface area contributed by atoms with Crippen LogP contribution in [0.3, 0.4) is 0 Å². The molecule has 1 fully saturated rings. The van der Waals surface area contributed by atoms with Gasteiger partial charge in [-0.2, -0.15) is 0 Å². The summed E-state index contributed by atoms with van der Waals surface area (Å²) < 4.78 is 21.7. The van der Waals surface area contributed by atoms with E-state index in [-0.39, 0.29) is 18.4 Å². The van der Waals surface area contributed by atoms with Crippen molar-refractivity contribution in [2.45, 2.75) is 32.7 Å². The third-order valence-corrected chi connectivity index (χ3v) is 5.85. The second-order valence-electron chi connectivity index (χ2n) is 8.45. The number of carbonyl (C=O) groups is 2. The molecule has 33 heavy (non-hydrogen) atoms. The standard InChI is InChI=1S/C26H33NO6/c1-18(2)21(15-19-11-12-23(31-4)24(16-19)32-14-8-13-30-3)25(28)27-22(17-33-26(27)29)20-9-6-5-7-10-20/h5-7,9-12,16,18,21-22H,8,13-15,17H2,1-4H3/t21-,22+/m1/s1. The van der Waals surface area contributed by atoms with Gasteiger partial charge in [-0.1, -0.05) is 50.2 Å². The van der Waals surface area contributed by atoms with Gasteiger partial charge in [0.15, 0.2) is 11.5 Å². The molecule has 1 aliphatic heterocycles. The highest BCUT2D eigenvalue weighted by atomic mass is 16.6. The minimum Gasteiger partial charge on any atom is -0.493 e. The van der Waals surface area contributed by atoms with E-state index in [1.807, 2.05) is 62.4 Å². The second-order valence-corrected chi connectivity index (χ2v) is 8.45. The molecule has 2 aromatic carbocycles. The molecule has 7 nitrogen and oxygen atoms in total. The Morgan fingerprint density at radius 3 is 2.52 bits per heavy atom. The lowest BCUT2D eigenvalue weighted by molar-refractivity contribution is -0.135. The molecule has 2 atom stereocenters. The number of cyclic esters (lactones) is 1. The summed E-state index contributed by atoms with van der Waals surface area (Å²) in [4.78, 5) is 27.4. The molecule has 0 bridgehead atoms. The monoisotopic (exact) mass is 455 g/mol. The molecule has 2 amide bonds. The number of hydrogen-bond donors (Lipinski definition) is 0. The average Bonchev–Trinajstić information content (AvgIpc) is 3.21. The van der Waals surface area contributed by atoms with Gasteiger partial charge in [0.1, 0.15) is 12.6 Å².